The van der Waals surface area contributed by atoms with Crippen LogP contribution in [0.25, 0.3) is 10.8 Å². The summed E-state index contributed by atoms with van der Waals surface area (Å²) >= 11 is 0. The van der Waals surface area contributed by atoms with E-state index in [-0.39, 0.29) is 5.78 Å². The fourth-order valence-corrected chi connectivity index (χ4v) is 2.57. The highest BCUT2D eigenvalue weighted by Crippen LogP contribution is 2.23. The summed E-state index contributed by atoms with van der Waals surface area (Å²) in [6, 6.07) is 19.8. The summed E-state index contributed by atoms with van der Waals surface area (Å²) in [5.74, 6) is 0.100. The van der Waals surface area contributed by atoms with Crippen LogP contribution in [-0.2, 0) is 0 Å². The summed E-state index contributed by atoms with van der Waals surface area (Å²) < 4.78 is 0. The van der Waals surface area contributed by atoms with Crippen molar-refractivity contribution in [3.63, 3.8) is 0 Å². The van der Waals surface area contributed by atoms with E-state index < -0.39 is 0 Å². The Kier molecular flexibility index (Phi) is 3.11. The van der Waals surface area contributed by atoms with Crippen LogP contribution in [0.1, 0.15) is 27.0 Å². The molecule has 0 fully saturated rings. The molecule has 0 bridgehead atoms. The monoisotopic (exact) mass is 260 g/mol. The van der Waals surface area contributed by atoms with Crippen LogP contribution in [0.3, 0.4) is 0 Å². The Morgan fingerprint density at radius 2 is 1.40 bits per heavy atom. The van der Waals surface area contributed by atoms with Gasteiger partial charge in [-0.2, -0.15) is 0 Å². The molecule has 1 heteroatoms. The van der Waals surface area contributed by atoms with Gasteiger partial charge in [0.2, 0.25) is 0 Å². The Morgan fingerprint density at radius 3 is 2.25 bits per heavy atom. The van der Waals surface area contributed by atoms with Crippen molar-refractivity contribution in [1.29, 1.82) is 0 Å². The van der Waals surface area contributed by atoms with Gasteiger partial charge in [0.05, 0.1) is 0 Å². The molecule has 0 aliphatic carbocycles. The second-order valence-electron chi connectivity index (χ2n) is 5.10. The minimum absolute atomic E-state index is 0.100. The molecule has 0 N–H and O–H groups in total. The topological polar surface area (TPSA) is 17.1 Å². The summed E-state index contributed by atoms with van der Waals surface area (Å²) in [5.41, 5.74) is 3.78. The Labute approximate surface area is 118 Å². The lowest BCUT2D eigenvalue weighted by Gasteiger charge is -2.09. The molecule has 0 aliphatic rings. The zero-order valence-electron chi connectivity index (χ0n) is 11.7. The summed E-state index contributed by atoms with van der Waals surface area (Å²) in [5, 5.41) is 2.12. The Morgan fingerprint density at radius 1 is 0.750 bits per heavy atom. The molecule has 98 valence electrons. The van der Waals surface area contributed by atoms with E-state index in [2.05, 4.69) is 0 Å². The predicted molar refractivity (Wildman–Crippen MR) is 83.3 cm³/mol. The van der Waals surface area contributed by atoms with Crippen molar-refractivity contribution in [2.45, 2.75) is 13.8 Å². The summed E-state index contributed by atoms with van der Waals surface area (Å²) in [6.07, 6.45) is 0. The molecular formula is C19H16O. The number of aryl methyl sites for hydroxylation is 1. The predicted octanol–water partition coefficient (Wildman–Crippen LogP) is 4.69. The highest BCUT2D eigenvalue weighted by atomic mass is 16.1. The molecule has 0 aromatic heterocycles. The van der Waals surface area contributed by atoms with Gasteiger partial charge in [0.1, 0.15) is 0 Å². The number of hydrogen-bond donors (Lipinski definition) is 0. The third kappa shape index (κ3) is 2.01. The van der Waals surface area contributed by atoms with Gasteiger partial charge < -0.3 is 0 Å². The number of fused-ring (bicyclic) bond motifs is 1. The van der Waals surface area contributed by atoms with Crippen molar-refractivity contribution in [2.75, 3.05) is 0 Å². The Bertz CT molecular complexity index is 794. The average molecular weight is 260 g/mol. The molecule has 0 saturated heterocycles. The summed E-state index contributed by atoms with van der Waals surface area (Å²) in [6.45, 7) is 4.04. The van der Waals surface area contributed by atoms with Crippen LogP contribution in [0.4, 0.5) is 0 Å². The van der Waals surface area contributed by atoms with Crippen molar-refractivity contribution in [2.24, 2.45) is 0 Å². The molecule has 0 unspecified atom stereocenters. The summed E-state index contributed by atoms with van der Waals surface area (Å²) in [4.78, 5) is 12.8. The molecule has 20 heavy (non-hydrogen) atoms. The van der Waals surface area contributed by atoms with Gasteiger partial charge in [-0.05, 0) is 35.7 Å². The smallest absolute Gasteiger partial charge is 0.193 e. The highest BCUT2D eigenvalue weighted by molar-refractivity contribution is 6.17. The van der Waals surface area contributed by atoms with Crippen LogP contribution in [0.15, 0.2) is 60.7 Å². The molecule has 3 aromatic carbocycles. The lowest BCUT2D eigenvalue weighted by atomic mass is 9.93. The van der Waals surface area contributed by atoms with Crippen LogP contribution in [0.5, 0.6) is 0 Å². The van der Waals surface area contributed by atoms with E-state index in [9.17, 15) is 4.79 Å². The van der Waals surface area contributed by atoms with Gasteiger partial charge in [-0.15, -0.1) is 0 Å². The van der Waals surface area contributed by atoms with Crippen molar-refractivity contribution < 1.29 is 4.79 Å². The van der Waals surface area contributed by atoms with E-state index in [0.717, 1.165) is 33.0 Å². The first-order valence-corrected chi connectivity index (χ1v) is 6.77. The largest absolute Gasteiger partial charge is 0.289 e. The number of rotatable bonds is 2. The molecule has 0 amide bonds. The zero-order chi connectivity index (χ0) is 14.1. The van der Waals surface area contributed by atoms with Gasteiger partial charge >= 0.3 is 0 Å². The van der Waals surface area contributed by atoms with Crippen LogP contribution in [-0.4, -0.2) is 5.78 Å². The second kappa shape index (κ2) is 4.93. The minimum atomic E-state index is 0.100. The second-order valence-corrected chi connectivity index (χ2v) is 5.10. The number of carbonyl (C=O) groups is 1. The van der Waals surface area contributed by atoms with Crippen molar-refractivity contribution in [1.82, 2.24) is 0 Å². The van der Waals surface area contributed by atoms with E-state index >= 15 is 0 Å². The standard InChI is InChI=1S/C19H16O/c1-13-7-5-11-16(14(13)2)19(20)18-12-6-9-15-8-3-4-10-17(15)18/h3-12H,1-2H3. The van der Waals surface area contributed by atoms with Gasteiger partial charge in [-0.1, -0.05) is 60.7 Å². The molecule has 0 spiro atoms. The number of hydrogen-bond acceptors (Lipinski definition) is 1. The fraction of sp³-hybridized carbons (Fsp3) is 0.105. The highest BCUT2D eigenvalue weighted by Gasteiger charge is 2.14. The SMILES string of the molecule is Cc1cccc(C(=O)c2cccc3ccccc23)c1C. The van der Waals surface area contributed by atoms with E-state index in [1.54, 1.807) is 0 Å². The lowest BCUT2D eigenvalue weighted by molar-refractivity contribution is 0.103. The van der Waals surface area contributed by atoms with E-state index in [4.69, 9.17) is 0 Å². The maximum atomic E-state index is 12.8. The third-order valence-corrected chi connectivity index (χ3v) is 3.88. The molecule has 0 radical (unpaired) electrons. The normalized spacial score (nSPS) is 10.7. The first kappa shape index (κ1) is 12.6. The molecule has 0 heterocycles. The van der Waals surface area contributed by atoms with Gasteiger partial charge in [0.15, 0.2) is 5.78 Å². The van der Waals surface area contributed by atoms with Crippen molar-refractivity contribution >= 4 is 16.6 Å². The molecule has 0 aliphatic heterocycles. The van der Waals surface area contributed by atoms with E-state index in [1.165, 1.54) is 0 Å². The Hall–Kier alpha value is -2.41. The van der Waals surface area contributed by atoms with Gasteiger partial charge in [-0.3, -0.25) is 4.79 Å². The fourth-order valence-electron chi connectivity index (χ4n) is 2.57. The lowest BCUT2D eigenvalue weighted by Crippen LogP contribution is -2.05. The van der Waals surface area contributed by atoms with Crippen LogP contribution in [0.2, 0.25) is 0 Å². The van der Waals surface area contributed by atoms with Gasteiger partial charge in [0.25, 0.3) is 0 Å². The number of benzene rings is 3. The van der Waals surface area contributed by atoms with Crippen LogP contribution < -0.4 is 0 Å². The average Bonchev–Trinajstić information content (AvgIpc) is 2.49. The molecule has 0 saturated carbocycles. The quantitative estimate of drug-likeness (QED) is 0.611. The molecule has 1 nitrogen and oxygen atoms in total. The minimum Gasteiger partial charge on any atom is -0.289 e. The van der Waals surface area contributed by atoms with Crippen molar-refractivity contribution in [3.8, 4) is 0 Å². The summed E-state index contributed by atoms with van der Waals surface area (Å²) in [7, 11) is 0. The van der Waals surface area contributed by atoms with Crippen LogP contribution >= 0.6 is 0 Å². The van der Waals surface area contributed by atoms with Gasteiger partial charge in [0, 0.05) is 11.1 Å². The van der Waals surface area contributed by atoms with Gasteiger partial charge in [-0.25, -0.2) is 0 Å². The first-order valence-electron chi connectivity index (χ1n) is 6.77. The maximum Gasteiger partial charge on any atom is 0.193 e. The zero-order valence-corrected chi connectivity index (χ0v) is 11.7. The third-order valence-electron chi connectivity index (χ3n) is 3.88. The van der Waals surface area contributed by atoms with Crippen molar-refractivity contribution in [3.05, 3.63) is 82.9 Å². The number of ketones is 1. The van der Waals surface area contributed by atoms with E-state index in [1.807, 2.05) is 74.5 Å². The first-order chi connectivity index (χ1) is 9.68. The van der Waals surface area contributed by atoms with E-state index in [0.29, 0.717) is 0 Å². The van der Waals surface area contributed by atoms with Crippen LogP contribution in [0, 0.1) is 13.8 Å². The maximum absolute atomic E-state index is 12.8. The molecular weight excluding hydrogens is 244 g/mol. The molecule has 0 atom stereocenters. The number of carbonyl (C=O) groups excluding carboxylic acids is 1. The molecule has 3 rings (SSSR count). The Balaban J connectivity index is 2.21. The molecule has 3 aromatic rings.